The Morgan fingerprint density at radius 3 is 2.62 bits per heavy atom. The highest BCUT2D eigenvalue weighted by Gasteiger charge is 2.28. The Balaban J connectivity index is 1.52. The monoisotopic (exact) mass is 505 g/mol. The minimum absolute atomic E-state index is 0.000859. The minimum Gasteiger partial charge on any atom is -0.504 e. The molecule has 3 N–H and O–H groups in total. The van der Waals surface area contributed by atoms with Crippen molar-refractivity contribution < 1.29 is 34.1 Å². The van der Waals surface area contributed by atoms with Crippen LogP contribution in [0.2, 0.25) is 0 Å². The average molecular weight is 506 g/mol. The molecule has 1 aliphatic heterocycles. The summed E-state index contributed by atoms with van der Waals surface area (Å²) in [6, 6.07) is 4.17. The Labute approximate surface area is 212 Å². The van der Waals surface area contributed by atoms with E-state index in [1.165, 1.54) is 18.4 Å². The van der Waals surface area contributed by atoms with Crippen LogP contribution in [-0.2, 0) is 11.2 Å². The van der Waals surface area contributed by atoms with Gasteiger partial charge in [0, 0.05) is 30.8 Å². The van der Waals surface area contributed by atoms with Gasteiger partial charge in [0.2, 0.25) is 5.43 Å². The maximum atomic E-state index is 13.7. The highest BCUT2D eigenvalue weighted by atomic mass is 16.5. The molecule has 192 valence electrons. The maximum absolute atomic E-state index is 13.7. The van der Waals surface area contributed by atoms with Gasteiger partial charge >= 0.3 is 5.97 Å². The standard InChI is InChI=1S/C28H27NO8/c1-14-9-23-25(24(15(14)2)28(35)36-8-7-29-6-5-17(30)12-29)27(34)20(13-37-23)18-4-3-16-10-21(31)22(32)11-19(16)26(18)33/h4,9-11,13,17,30-32H,3,5-8,12H2,1-2H3. The average Bonchev–Trinajstić information content (AvgIpc) is 3.27. The Kier molecular flexibility index (Phi) is 6.35. The van der Waals surface area contributed by atoms with Crippen molar-refractivity contribution >= 4 is 28.3 Å². The Morgan fingerprint density at radius 2 is 1.89 bits per heavy atom. The molecule has 0 amide bonds. The van der Waals surface area contributed by atoms with Crippen molar-refractivity contribution in [3.8, 4) is 11.5 Å². The molecule has 2 aliphatic rings. The number of hydrogen-bond donors (Lipinski definition) is 3. The lowest BCUT2D eigenvalue weighted by atomic mass is 9.86. The second-order valence-electron chi connectivity index (χ2n) is 9.57. The normalized spacial score (nSPS) is 17.6. The first-order valence-corrected chi connectivity index (χ1v) is 12.1. The smallest absolute Gasteiger partial charge is 0.339 e. The van der Waals surface area contributed by atoms with E-state index in [0.717, 1.165) is 12.1 Å². The molecular formula is C28H27NO8. The van der Waals surface area contributed by atoms with E-state index in [1.807, 2.05) is 4.90 Å². The number of aliphatic hydroxyl groups is 1. The summed E-state index contributed by atoms with van der Waals surface area (Å²) in [5, 5.41) is 29.4. The molecule has 9 heteroatoms. The third-order valence-electron chi connectivity index (χ3n) is 7.18. The number of aromatic hydroxyl groups is 2. The van der Waals surface area contributed by atoms with Crippen molar-refractivity contribution in [1.82, 2.24) is 4.90 Å². The Morgan fingerprint density at radius 1 is 1.14 bits per heavy atom. The Bertz CT molecular complexity index is 1530. The summed E-state index contributed by atoms with van der Waals surface area (Å²) >= 11 is 0. The summed E-state index contributed by atoms with van der Waals surface area (Å²) in [5.74, 6) is -1.92. The van der Waals surface area contributed by atoms with Crippen molar-refractivity contribution in [3.05, 3.63) is 74.1 Å². The molecule has 0 bridgehead atoms. The summed E-state index contributed by atoms with van der Waals surface area (Å²) in [7, 11) is 0. The zero-order chi connectivity index (χ0) is 26.4. The van der Waals surface area contributed by atoms with E-state index < -0.39 is 22.9 Å². The first kappa shape index (κ1) is 24.7. The number of ketones is 1. The fourth-order valence-electron chi connectivity index (χ4n) is 4.99. The first-order chi connectivity index (χ1) is 17.7. The zero-order valence-electron chi connectivity index (χ0n) is 20.5. The first-order valence-electron chi connectivity index (χ1n) is 12.1. The van der Waals surface area contributed by atoms with Crippen LogP contribution in [0.15, 0.2) is 39.7 Å². The van der Waals surface area contributed by atoms with Crippen LogP contribution in [0.1, 0.15) is 49.4 Å². The Hall–Kier alpha value is -3.95. The third-order valence-corrected chi connectivity index (χ3v) is 7.18. The molecule has 0 spiro atoms. The topological polar surface area (TPSA) is 138 Å². The van der Waals surface area contributed by atoms with Gasteiger partial charge in [-0.2, -0.15) is 0 Å². The van der Waals surface area contributed by atoms with Gasteiger partial charge in [0.15, 0.2) is 17.3 Å². The van der Waals surface area contributed by atoms with Crippen LogP contribution in [0.25, 0.3) is 16.5 Å². The molecule has 37 heavy (non-hydrogen) atoms. The van der Waals surface area contributed by atoms with Crippen molar-refractivity contribution in [2.75, 3.05) is 26.2 Å². The number of ether oxygens (including phenoxy) is 1. The highest BCUT2D eigenvalue weighted by molar-refractivity contribution is 6.30. The molecule has 5 rings (SSSR count). The number of allylic oxidation sites excluding steroid dienone is 2. The highest BCUT2D eigenvalue weighted by Crippen LogP contribution is 2.35. The van der Waals surface area contributed by atoms with E-state index in [2.05, 4.69) is 0 Å². The van der Waals surface area contributed by atoms with Crippen LogP contribution in [0, 0.1) is 13.8 Å². The number of aryl methyl sites for hydroxylation is 1. The summed E-state index contributed by atoms with van der Waals surface area (Å²) in [6.45, 7) is 5.35. The van der Waals surface area contributed by atoms with Crippen molar-refractivity contribution in [3.63, 3.8) is 0 Å². The molecule has 1 unspecified atom stereocenters. The number of carbonyl (C=O) groups excluding carboxylic acids is 2. The van der Waals surface area contributed by atoms with Gasteiger partial charge in [-0.15, -0.1) is 0 Å². The molecule has 1 atom stereocenters. The number of Topliss-reactive ketones (excluding diaryl/α,β-unsaturated/α-hetero) is 1. The number of β-amino-alcohol motifs (C(OH)–C–C–N with tert-alkyl or cyclic N) is 1. The molecule has 1 aliphatic carbocycles. The van der Waals surface area contributed by atoms with E-state index in [0.29, 0.717) is 30.6 Å². The molecular weight excluding hydrogens is 478 g/mol. The van der Waals surface area contributed by atoms with E-state index in [4.69, 9.17) is 9.15 Å². The number of fused-ring (bicyclic) bond motifs is 2. The van der Waals surface area contributed by atoms with E-state index in [-0.39, 0.29) is 58.1 Å². The molecule has 0 radical (unpaired) electrons. The molecule has 1 fully saturated rings. The number of phenols is 2. The number of likely N-dealkylation sites (tertiary alicyclic amines) is 1. The van der Waals surface area contributed by atoms with Gasteiger partial charge in [-0.1, -0.05) is 6.08 Å². The molecule has 2 aromatic carbocycles. The fourth-order valence-corrected chi connectivity index (χ4v) is 4.99. The van der Waals surface area contributed by atoms with Gasteiger partial charge in [0.25, 0.3) is 0 Å². The van der Waals surface area contributed by atoms with Crippen LogP contribution < -0.4 is 5.43 Å². The van der Waals surface area contributed by atoms with Crippen LogP contribution in [-0.4, -0.2) is 64.3 Å². The predicted octanol–water partition coefficient (Wildman–Crippen LogP) is 2.87. The number of carbonyl (C=O) groups is 2. The summed E-state index contributed by atoms with van der Waals surface area (Å²) < 4.78 is 11.3. The van der Waals surface area contributed by atoms with Crippen molar-refractivity contribution in [2.45, 2.75) is 32.8 Å². The quantitative estimate of drug-likeness (QED) is 0.353. The number of hydrogen-bond acceptors (Lipinski definition) is 9. The number of rotatable bonds is 5. The summed E-state index contributed by atoms with van der Waals surface area (Å²) in [4.78, 5) is 42.2. The number of phenolic OH excluding ortho intramolecular Hbond substituents is 2. The van der Waals surface area contributed by atoms with Gasteiger partial charge in [-0.3, -0.25) is 14.5 Å². The number of benzene rings is 2. The molecule has 2 heterocycles. The van der Waals surface area contributed by atoms with Gasteiger partial charge in [0.1, 0.15) is 18.5 Å². The predicted molar refractivity (Wildman–Crippen MR) is 135 cm³/mol. The number of nitrogens with zero attached hydrogens (tertiary/aromatic N) is 1. The molecule has 3 aromatic rings. The van der Waals surface area contributed by atoms with E-state index in [9.17, 15) is 29.7 Å². The lowest BCUT2D eigenvalue weighted by molar-refractivity contribution is 0.0468. The molecule has 9 nitrogen and oxygen atoms in total. The number of aliphatic hydroxyl groups excluding tert-OH is 1. The SMILES string of the molecule is Cc1cc2occ(C3=CCc4cc(O)c(O)cc4C3=O)c(=O)c2c(C(=O)OCCN2CCC(O)C2)c1C. The minimum atomic E-state index is -0.662. The summed E-state index contributed by atoms with van der Waals surface area (Å²) in [6.07, 6.45) is 3.35. The lowest BCUT2D eigenvalue weighted by Gasteiger charge is -2.18. The van der Waals surface area contributed by atoms with Crippen LogP contribution in [0.4, 0.5) is 0 Å². The fraction of sp³-hybridized carbons (Fsp3) is 0.321. The van der Waals surface area contributed by atoms with Gasteiger partial charge < -0.3 is 24.5 Å². The van der Waals surface area contributed by atoms with Gasteiger partial charge in [0.05, 0.1) is 22.6 Å². The maximum Gasteiger partial charge on any atom is 0.339 e. The number of esters is 1. The van der Waals surface area contributed by atoms with Crippen LogP contribution >= 0.6 is 0 Å². The largest absolute Gasteiger partial charge is 0.504 e. The van der Waals surface area contributed by atoms with Gasteiger partial charge in [-0.25, -0.2) is 4.79 Å². The molecule has 1 aromatic heterocycles. The van der Waals surface area contributed by atoms with Gasteiger partial charge in [-0.05, 0) is 61.6 Å². The second kappa shape index (κ2) is 9.49. The van der Waals surface area contributed by atoms with E-state index >= 15 is 0 Å². The summed E-state index contributed by atoms with van der Waals surface area (Å²) in [5.41, 5.74) is 1.89. The lowest BCUT2D eigenvalue weighted by Crippen LogP contribution is -2.27. The van der Waals surface area contributed by atoms with Crippen LogP contribution in [0.5, 0.6) is 11.5 Å². The van der Waals surface area contributed by atoms with Crippen LogP contribution in [0.3, 0.4) is 0 Å². The van der Waals surface area contributed by atoms with E-state index in [1.54, 1.807) is 26.0 Å². The molecule has 1 saturated heterocycles. The van der Waals surface area contributed by atoms with Crippen molar-refractivity contribution in [2.24, 2.45) is 0 Å². The zero-order valence-corrected chi connectivity index (χ0v) is 20.5. The van der Waals surface area contributed by atoms with Crippen molar-refractivity contribution in [1.29, 1.82) is 0 Å². The molecule has 0 saturated carbocycles. The third kappa shape index (κ3) is 4.41. The second-order valence-corrected chi connectivity index (χ2v) is 9.57.